The van der Waals surface area contributed by atoms with E-state index in [-0.39, 0.29) is 12.5 Å². The summed E-state index contributed by atoms with van der Waals surface area (Å²) in [5, 5.41) is 19.8. The highest BCUT2D eigenvalue weighted by atomic mass is 16.2. The van der Waals surface area contributed by atoms with Gasteiger partial charge in [0.05, 0.1) is 5.69 Å². The molecule has 3 aromatic rings. The molecule has 1 saturated carbocycles. The Labute approximate surface area is 163 Å². The summed E-state index contributed by atoms with van der Waals surface area (Å²) < 4.78 is 1.92. The monoisotopic (exact) mass is 379 g/mol. The van der Waals surface area contributed by atoms with Crippen molar-refractivity contribution in [3.05, 3.63) is 42.1 Å². The van der Waals surface area contributed by atoms with Crippen molar-refractivity contribution in [3.8, 4) is 11.4 Å². The first kappa shape index (κ1) is 18.3. The van der Waals surface area contributed by atoms with Crippen molar-refractivity contribution in [3.63, 3.8) is 0 Å². The maximum atomic E-state index is 12.5. The van der Waals surface area contributed by atoms with Crippen LogP contribution in [-0.2, 0) is 17.9 Å². The van der Waals surface area contributed by atoms with E-state index in [1.165, 1.54) is 36.9 Å². The summed E-state index contributed by atoms with van der Waals surface area (Å²) in [7, 11) is 0. The van der Waals surface area contributed by atoms with Gasteiger partial charge < -0.3 is 5.32 Å². The van der Waals surface area contributed by atoms with Crippen molar-refractivity contribution >= 4 is 11.7 Å². The molecule has 4 rings (SSSR count). The van der Waals surface area contributed by atoms with Crippen LogP contribution in [0.3, 0.4) is 0 Å². The zero-order valence-corrected chi connectivity index (χ0v) is 16.1. The first-order valence-corrected chi connectivity index (χ1v) is 9.85. The van der Waals surface area contributed by atoms with Crippen LogP contribution in [0.1, 0.15) is 37.8 Å². The SMILES string of the molecule is Cc1cc(NC(=O)Cn2nnc(-c3ccccc3)n2)n(CC2CCCCC2)n1. The number of carbonyl (C=O) groups excluding carboxylic acids is 1. The lowest BCUT2D eigenvalue weighted by atomic mass is 9.89. The molecule has 0 saturated heterocycles. The molecule has 0 aliphatic heterocycles. The summed E-state index contributed by atoms with van der Waals surface area (Å²) in [6, 6.07) is 11.5. The van der Waals surface area contributed by atoms with E-state index < -0.39 is 0 Å². The smallest absolute Gasteiger partial charge is 0.249 e. The summed E-state index contributed by atoms with van der Waals surface area (Å²) in [6.07, 6.45) is 6.37. The van der Waals surface area contributed by atoms with Crippen molar-refractivity contribution in [2.75, 3.05) is 5.32 Å². The second-order valence-corrected chi connectivity index (χ2v) is 7.41. The molecule has 1 fully saturated rings. The quantitative estimate of drug-likeness (QED) is 0.711. The van der Waals surface area contributed by atoms with E-state index in [9.17, 15) is 4.79 Å². The minimum absolute atomic E-state index is 0.00743. The molecule has 1 amide bonds. The molecule has 1 aliphatic carbocycles. The van der Waals surface area contributed by atoms with Gasteiger partial charge in [-0.15, -0.1) is 10.2 Å². The highest BCUT2D eigenvalue weighted by Gasteiger charge is 2.18. The third-order valence-electron chi connectivity index (χ3n) is 5.10. The van der Waals surface area contributed by atoms with Crippen LogP contribution in [0.4, 0.5) is 5.82 Å². The zero-order valence-electron chi connectivity index (χ0n) is 16.1. The number of carbonyl (C=O) groups is 1. The van der Waals surface area contributed by atoms with Gasteiger partial charge >= 0.3 is 0 Å². The summed E-state index contributed by atoms with van der Waals surface area (Å²) >= 11 is 0. The van der Waals surface area contributed by atoms with Gasteiger partial charge in [0.25, 0.3) is 0 Å². The zero-order chi connectivity index (χ0) is 19.3. The molecular weight excluding hydrogens is 354 g/mol. The molecule has 1 aliphatic rings. The number of aryl methyl sites for hydroxylation is 1. The molecular formula is C20H25N7O. The molecule has 1 N–H and O–H groups in total. The number of anilines is 1. The maximum absolute atomic E-state index is 12.5. The number of aromatic nitrogens is 6. The number of tetrazole rings is 1. The largest absolute Gasteiger partial charge is 0.309 e. The Bertz CT molecular complexity index is 925. The first-order chi connectivity index (χ1) is 13.7. The van der Waals surface area contributed by atoms with Gasteiger partial charge in [0, 0.05) is 18.2 Å². The molecule has 0 unspecified atom stereocenters. The minimum Gasteiger partial charge on any atom is -0.309 e. The molecule has 146 valence electrons. The van der Waals surface area contributed by atoms with Crippen LogP contribution in [-0.4, -0.2) is 35.9 Å². The van der Waals surface area contributed by atoms with E-state index >= 15 is 0 Å². The first-order valence-electron chi connectivity index (χ1n) is 9.85. The van der Waals surface area contributed by atoms with Gasteiger partial charge in [-0.3, -0.25) is 4.79 Å². The number of nitrogens with one attached hydrogen (secondary N) is 1. The van der Waals surface area contributed by atoms with Crippen LogP contribution in [0.5, 0.6) is 0 Å². The third kappa shape index (κ3) is 4.44. The van der Waals surface area contributed by atoms with Crippen molar-refractivity contribution in [1.29, 1.82) is 0 Å². The standard InChI is InChI=1S/C20H25N7O/c1-15-12-18(26(23-15)13-16-8-4-2-5-9-16)21-19(28)14-27-24-20(22-25-27)17-10-6-3-7-11-17/h3,6-7,10-12,16H,2,4-5,8-9,13-14H2,1H3,(H,21,28). The second-order valence-electron chi connectivity index (χ2n) is 7.41. The fourth-order valence-corrected chi connectivity index (χ4v) is 3.72. The fraction of sp³-hybridized carbons (Fsp3) is 0.450. The van der Waals surface area contributed by atoms with Gasteiger partial charge in [0.15, 0.2) is 0 Å². The van der Waals surface area contributed by atoms with Gasteiger partial charge in [-0.05, 0) is 30.9 Å². The van der Waals surface area contributed by atoms with Crippen molar-refractivity contribution in [2.45, 2.75) is 52.1 Å². The van der Waals surface area contributed by atoms with Crippen LogP contribution in [0.15, 0.2) is 36.4 Å². The number of rotatable bonds is 6. The molecule has 0 radical (unpaired) electrons. The highest BCUT2D eigenvalue weighted by molar-refractivity contribution is 5.89. The second kappa shape index (κ2) is 8.33. The van der Waals surface area contributed by atoms with Crippen LogP contribution < -0.4 is 5.32 Å². The van der Waals surface area contributed by atoms with Crippen LogP contribution in [0.25, 0.3) is 11.4 Å². The Kier molecular flexibility index (Phi) is 5.45. The molecule has 0 spiro atoms. The van der Waals surface area contributed by atoms with Gasteiger partial charge in [0.2, 0.25) is 11.7 Å². The lowest BCUT2D eigenvalue weighted by molar-refractivity contribution is -0.117. The van der Waals surface area contributed by atoms with E-state index in [0.29, 0.717) is 11.7 Å². The average molecular weight is 379 g/mol. The van der Waals surface area contributed by atoms with Gasteiger partial charge in [0.1, 0.15) is 12.4 Å². The van der Waals surface area contributed by atoms with E-state index in [1.807, 2.05) is 48.0 Å². The Hall–Kier alpha value is -3.03. The van der Waals surface area contributed by atoms with Crippen molar-refractivity contribution < 1.29 is 4.79 Å². The average Bonchev–Trinajstić information content (AvgIpc) is 3.30. The molecule has 0 atom stereocenters. The van der Waals surface area contributed by atoms with Crippen molar-refractivity contribution in [2.24, 2.45) is 5.92 Å². The topological polar surface area (TPSA) is 90.5 Å². The maximum Gasteiger partial charge on any atom is 0.249 e. The number of amides is 1. The minimum atomic E-state index is -0.193. The van der Waals surface area contributed by atoms with Crippen LogP contribution >= 0.6 is 0 Å². The number of hydrogen-bond donors (Lipinski definition) is 1. The summed E-state index contributed by atoms with van der Waals surface area (Å²) in [6.45, 7) is 2.80. The molecule has 0 bridgehead atoms. The summed E-state index contributed by atoms with van der Waals surface area (Å²) in [4.78, 5) is 13.8. The predicted molar refractivity (Wildman–Crippen MR) is 105 cm³/mol. The van der Waals surface area contributed by atoms with Crippen LogP contribution in [0, 0.1) is 12.8 Å². The predicted octanol–water partition coefficient (Wildman–Crippen LogP) is 3.06. The number of nitrogens with zero attached hydrogens (tertiary/aromatic N) is 6. The molecule has 8 nitrogen and oxygen atoms in total. The molecule has 8 heteroatoms. The Morgan fingerprint density at radius 3 is 2.71 bits per heavy atom. The lowest BCUT2D eigenvalue weighted by Gasteiger charge is -2.22. The molecule has 1 aromatic carbocycles. The van der Waals surface area contributed by atoms with Crippen molar-refractivity contribution in [1.82, 2.24) is 30.0 Å². The Morgan fingerprint density at radius 2 is 1.93 bits per heavy atom. The van der Waals surface area contributed by atoms with Crippen LogP contribution in [0.2, 0.25) is 0 Å². The Balaban J connectivity index is 1.39. The summed E-state index contributed by atoms with van der Waals surface area (Å²) in [5.41, 5.74) is 1.77. The van der Waals surface area contributed by atoms with Gasteiger partial charge in [-0.25, -0.2) is 4.68 Å². The fourth-order valence-electron chi connectivity index (χ4n) is 3.72. The van der Waals surface area contributed by atoms with E-state index in [2.05, 4.69) is 25.8 Å². The van der Waals surface area contributed by atoms with Gasteiger partial charge in [-0.1, -0.05) is 49.6 Å². The highest BCUT2D eigenvalue weighted by Crippen LogP contribution is 2.26. The lowest BCUT2D eigenvalue weighted by Crippen LogP contribution is -2.23. The number of hydrogen-bond acceptors (Lipinski definition) is 5. The third-order valence-corrected chi connectivity index (χ3v) is 5.10. The number of benzene rings is 1. The molecule has 28 heavy (non-hydrogen) atoms. The van der Waals surface area contributed by atoms with E-state index in [1.54, 1.807) is 0 Å². The van der Waals surface area contributed by atoms with E-state index in [0.717, 1.165) is 23.6 Å². The van der Waals surface area contributed by atoms with E-state index in [4.69, 9.17) is 0 Å². The normalized spacial score (nSPS) is 14.9. The Morgan fingerprint density at radius 1 is 1.14 bits per heavy atom. The molecule has 2 aromatic heterocycles. The molecule has 2 heterocycles. The summed E-state index contributed by atoms with van der Waals surface area (Å²) in [5.74, 6) is 1.68. The van der Waals surface area contributed by atoms with Gasteiger partial charge in [-0.2, -0.15) is 9.90 Å².